The normalized spacial score (nSPS) is 19.4. The predicted molar refractivity (Wildman–Crippen MR) is 133 cm³/mol. The van der Waals surface area contributed by atoms with E-state index in [1.807, 2.05) is 12.1 Å². The second-order valence-electron chi connectivity index (χ2n) is 10.3. The van der Waals surface area contributed by atoms with Crippen LogP contribution in [-0.4, -0.2) is 34.1 Å². The van der Waals surface area contributed by atoms with Gasteiger partial charge in [0.15, 0.2) is 5.82 Å². The van der Waals surface area contributed by atoms with E-state index in [2.05, 4.69) is 20.8 Å². The van der Waals surface area contributed by atoms with Crippen molar-refractivity contribution in [2.45, 2.75) is 77.2 Å². The number of hydrogen-bond acceptors (Lipinski definition) is 5. The first-order valence-electron chi connectivity index (χ1n) is 13.2. The molecule has 1 atom stereocenters. The molecule has 3 aromatic rings. The average molecular weight is 482 g/mol. The molecule has 7 nitrogen and oxygen atoms in total. The molecule has 1 unspecified atom stereocenters. The first-order valence-corrected chi connectivity index (χ1v) is 13.2. The van der Waals surface area contributed by atoms with E-state index in [-0.39, 0.29) is 23.7 Å². The predicted octanol–water partition coefficient (Wildman–Crippen LogP) is 5.37. The second kappa shape index (κ2) is 10.9. The van der Waals surface area contributed by atoms with Crippen LogP contribution >= 0.6 is 0 Å². The summed E-state index contributed by atoms with van der Waals surface area (Å²) in [4.78, 5) is 21.2. The third-order valence-electron chi connectivity index (χ3n) is 7.86. The van der Waals surface area contributed by atoms with Crippen LogP contribution < -0.4 is 10.6 Å². The van der Waals surface area contributed by atoms with Gasteiger partial charge in [0.1, 0.15) is 23.2 Å². The van der Waals surface area contributed by atoms with E-state index < -0.39 is 0 Å². The molecule has 3 N–H and O–H groups in total. The lowest BCUT2D eigenvalue weighted by Gasteiger charge is -2.28. The second-order valence-corrected chi connectivity index (χ2v) is 10.3. The Morgan fingerprint density at radius 1 is 1.14 bits per heavy atom. The van der Waals surface area contributed by atoms with E-state index in [1.54, 1.807) is 6.92 Å². The van der Waals surface area contributed by atoms with Crippen LogP contribution in [-0.2, 0) is 6.42 Å². The summed E-state index contributed by atoms with van der Waals surface area (Å²) in [6.45, 7) is 3.74. The Morgan fingerprint density at radius 3 is 2.60 bits per heavy atom. The average Bonchev–Trinajstić information content (AvgIpc) is 3.47. The molecule has 0 radical (unpaired) electrons. The molecule has 0 bridgehead atoms. The molecule has 35 heavy (non-hydrogen) atoms. The van der Waals surface area contributed by atoms with Crippen molar-refractivity contribution in [3.8, 4) is 0 Å². The maximum Gasteiger partial charge on any atom is 0.257 e. The van der Waals surface area contributed by atoms with Gasteiger partial charge >= 0.3 is 0 Å². The van der Waals surface area contributed by atoms with Crippen molar-refractivity contribution in [3.63, 3.8) is 0 Å². The lowest BCUT2D eigenvalue weighted by Crippen LogP contribution is -2.35. The number of halogens is 1. The highest BCUT2D eigenvalue weighted by atomic mass is 19.1. The Balaban J connectivity index is 1.45. The fraction of sp³-hybridized carbons (Fsp3) is 0.593. The molecule has 5 rings (SSSR count). The summed E-state index contributed by atoms with van der Waals surface area (Å²) in [5.74, 6) is 0.892. The molecule has 1 amide bonds. The SMILES string of the molecule is Cc1nocc1C(=O)NC(c1nc2c(F)c(CC3CCNCC3)ccc2[nH]1)C1CCCCCCC1. The zero-order valence-corrected chi connectivity index (χ0v) is 20.5. The molecular formula is C27H36FN5O2. The summed E-state index contributed by atoms with van der Waals surface area (Å²) in [5, 5.41) is 10.4. The van der Waals surface area contributed by atoms with E-state index in [1.165, 1.54) is 25.5 Å². The molecule has 1 saturated heterocycles. The number of carbonyl (C=O) groups excluding carboxylic acids is 1. The smallest absolute Gasteiger partial charge is 0.257 e. The number of benzene rings is 1. The number of imidazole rings is 1. The number of nitrogens with zero attached hydrogens (tertiary/aromatic N) is 2. The maximum absolute atomic E-state index is 15.6. The minimum absolute atomic E-state index is 0.233. The standard InChI is InChI=1S/C27H36FN5O2/c1-17-21(16-35-33-17)27(34)32-24(19-7-5-3-2-4-6-8-19)26-30-22-10-9-20(23(28)25(22)31-26)15-18-11-13-29-14-12-18/h9-10,16,18-19,24,29H,2-8,11-15H2,1H3,(H,30,31)(H,32,34). The van der Waals surface area contributed by atoms with Crippen LogP contribution in [0, 0.1) is 24.6 Å². The summed E-state index contributed by atoms with van der Waals surface area (Å²) in [5.41, 5.74) is 2.76. The van der Waals surface area contributed by atoms with Gasteiger partial charge in [0.05, 0.1) is 17.3 Å². The minimum Gasteiger partial charge on any atom is -0.364 e. The Kier molecular flexibility index (Phi) is 7.46. The zero-order valence-electron chi connectivity index (χ0n) is 20.5. The maximum atomic E-state index is 15.6. The van der Waals surface area contributed by atoms with Crippen molar-refractivity contribution in [2.75, 3.05) is 13.1 Å². The van der Waals surface area contributed by atoms with Crippen LogP contribution in [0.3, 0.4) is 0 Å². The van der Waals surface area contributed by atoms with Crippen molar-refractivity contribution < 1.29 is 13.7 Å². The van der Waals surface area contributed by atoms with Crippen LogP contribution in [0.1, 0.15) is 91.3 Å². The number of rotatable bonds is 6. The molecular weight excluding hydrogens is 445 g/mol. The molecule has 3 heterocycles. The van der Waals surface area contributed by atoms with Gasteiger partial charge in [-0.15, -0.1) is 0 Å². The van der Waals surface area contributed by atoms with E-state index in [4.69, 9.17) is 9.51 Å². The fourth-order valence-electron chi connectivity index (χ4n) is 5.76. The Labute approximate surface area is 205 Å². The molecule has 1 aromatic carbocycles. The van der Waals surface area contributed by atoms with Crippen molar-refractivity contribution in [2.24, 2.45) is 11.8 Å². The number of aromatic nitrogens is 3. The van der Waals surface area contributed by atoms with E-state index in [0.29, 0.717) is 34.0 Å². The van der Waals surface area contributed by atoms with E-state index in [0.717, 1.165) is 63.6 Å². The van der Waals surface area contributed by atoms with Crippen LogP contribution in [0.15, 0.2) is 22.9 Å². The van der Waals surface area contributed by atoms with Gasteiger partial charge in [0.25, 0.3) is 5.91 Å². The quantitative estimate of drug-likeness (QED) is 0.440. The number of hydrogen-bond donors (Lipinski definition) is 3. The fourth-order valence-corrected chi connectivity index (χ4v) is 5.76. The number of H-pyrrole nitrogens is 1. The van der Waals surface area contributed by atoms with Crippen LogP contribution in [0.4, 0.5) is 4.39 Å². The summed E-state index contributed by atoms with van der Waals surface area (Å²) >= 11 is 0. The Bertz CT molecular complexity index is 1140. The van der Waals surface area contributed by atoms with E-state index in [9.17, 15) is 4.79 Å². The van der Waals surface area contributed by atoms with Crippen LogP contribution in [0.25, 0.3) is 11.0 Å². The van der Waals surface area contributed by atoms with Crippen LogP contribution in [0.2, 0.25) is 0 Å². The van der Waals surface area contributed by atoms with Gasteiger partial charge in [-0.3, -0.25) is 4.79 Å². The van der Waals surface area contributed by atoms with Crippen molar-refractivity contribution in [3.05, 3.63) is 46.9 Å². The summed E-state index contributed by atoms with van der Waals surface area (Å²) in [7, 11) is 0. The molecule has 2 fully saturated rings. The third kappa shape index (κ3) is 5.42. The van der Waals surface area contributed by atoms with Gasteiger partial charge in [-0.25, -0.2) is 9.37 Å². The van der Waals surface area contributed by atoms with Crippen molar-refractivity contribution in [1.29, 1.82) is 0 Å². The summed E-state index contributed by atoms with van der Waals surface area (Å²) in [6.07, 6.45) is 12.2. The van der Waals surface area contributed by atoms with Gasteiger partial charge in [-0.05, 0) is 75.6 Å². The topological polar surface area (TPSA) is 95.8 Å². The van der Waals surface area contributed by atoms with Gasteiger partial charge in [0.2, 0.25) is 0 Å². The lowest BCUT2D eigenvalue weighted by atomic mass is 9.85. The van der Waals surface area contributed by atoms with Gasteiger partial charge in [0, 0.05) is 0 Å². The molecule has 2 aromatic heterocycles. The largest absolute Gasteiger partial charge is 0.364 e. The molecule has 1 saturated carbocycles. The number of amides is 1. The number of fused-ring (bicyclic) bond motifs is 1. The Morgan fingerprint density at radius 2 is 1.89 bits per heavy atom. The first-order chi connectivity index (χ1) is 17.1. The number of piperidine rings is 1. The highest BCUT2D eigenvalue weighted by Crippen LogP contribution is 2.34. The Hall–Kier alpha value is -2.74. The summed E-state index contributed by atoms with van der Waals surface area (Å²) < 4.78 is 20.6. The van der Waals surface area contributed by atoms with Crippen molar-refractivity contribution in [1.82, 2.24) is 25.8 Å². The highest BCUT2D eigenvalue weighted by Gasteiger charge is 2.30. The third-order valence-corrected chi connectivity index (χ3v) is 7.86. The number of nitrogens with one attached hydrogen (secondary N) is 3. The highest BCUT2D eigenvalue weighted by molar-refractivity contribution is 5.95. The van der Waals surface area contributed by atoms with Crippen molar-refractivity contribution >= 4 is 16.9 Å². The zero-order chi connectivity index (χ0) is 24.2. The monoisotopic (exact) mass is 481 g/mol. The number of carbonyl (C=O) groups is 1. The van der Waals surface area contributed by atoms with E-state index >= 15 is 4.39 Å². The van der Waals surface area contributed by atoms with Gasteiger partial charge < -0.3 is 20.1 Å². The molecule has 1 aliphatic heterocycles. The summed E-state index contributed by atoms with van der Waals surface area (Å²) in [6, 6.07) is 3.51. The van der Waals surface area contributed by atoms with Gasteiger partial charge in [-0.1, -0.05) is 43.3 Å². The number of aromatic amines is 1. The molecule has 188 valence electrons. The number of aryl methyl sites for hydroxylation is 1. The molecule has 0 spiro atoms. The van der Waals surface area contributed by atoms with Gasteiger partial charge in [-0.2, -0.15) is 0 Å². The van der Waals surface area contributed by atoms with Crippen LogP contribution in [0.5, 0.6) is 0 Å². The molecule has 1 aliphatic carbocycles. The molecule has 8 heteroatoms. The lowest BCUT2D eigenvalue weighted by molar-refractivity contribution is 0.0911. The first kappa shape index (κ1) is 24.0. The molecule has 2 aliphatic rings. The minimum atomic E-state index is -0.324.